The van der Waals surface area contributed by atoms with E-state index in [1.165, 1.54) is 24.7 Å². The lowest BCUT2D eigenvalue weighted by molar-refractivity contribution is 0.716. The zero-order valence-corrected chi connectivity index (χ0v) is 14.2. The van der Waals surface area contributed by atoms with Crippen LogP contribution in [0.5, 0.6) is 0 Å². The summed E-state index contributed by atoms with van der Waals surface area (Å²) in [6.45, 7) is 0. The molecule has 4 aromatic rings. The topological polar surface area (TPSA) is 93.4 Å². The quantitative estimate of drug-likeness (QED) is 0.591. The fraction of sp³-hybridized carbons (Fsp3) is 0.222. The van der Waals surface area contributed by atoms with Crippen molar-refractivity contribution < 1.29 is 0 Å². The Morgan fingerprint density at radius 2 is 2.04 bits per heavy atom. The minimum Gasteiger partial charge on any atom is -0.309 e. The summed E-state index contributed by atoms with van der Waals surface area (Å²) in [4.78, 5) is 19.7. The largest absolute Gasteiger partial charge is 0.309 e. The van der Waals surface area contributed by atoms with Crippen molar-refractivity contribution in [2.24, 2.45) is 7.05 Å². The van der Waals surface area contributed by atoms with Crippen molar-refractivity contribution in [3.63, 3.8) is 0 Å². The number of hydrogen-bond donors (Lipinski definition) is 2. The average Bonchev–Trinajstić information content (AvgIpc) is 3.28. The van der Waals surface area contributed by atoms with E-state index < -0.39 is 0 Å². The SMILES string of the molecule is Cn1nc(Nc2nc3c(cnn3-c3ccccc3)c(=O)[nH]2)cc1C1CC1. The summed E-state index contributed by atoms with van der Waals surface area (Å²) in [5.74, 6) is 1.61. The molecule has 5 rings (SSSR count). The lowest BCUT2D eigenvalue weighted by Gasteiger charge is -2.05. The van der Waals surface area contributed by atoms with Crippen LogP contribution < -0.4 is 10.9 Å². The minimum absolute atomic E-state index is 0.238. The highest BCUT2D eigenvalue weighted by atomic mass is 16.1. The molecule has 1 aromatic carbocycles. The second-order valence-corrected chi connectivity index (χ2v) is 6.52. The smallest absolute Gasteiger partial charge is 0.263 e. The van der Waals surface area contributed by atoms with Gasteiger partial charge in [-0.25, -0.2) is 4.68 Å². The fourth-order valence-electron chi connectivity index (χ4n) is 3.16. The number of rotatable bonds is 4. The summed E-state index contributed by atoms with van der Waals surface area (Å²) in [5.41, 5.74) is 2.31. The molecule has 0 spiro atoms. The van der Waals surface area contributed by atoms with E-state index in [-0.39, 0.29) is 5.56 Å². The Bertz CT molecular complexity index is 1150. The van der Waals surface area contributed by atoms with E-state index in [0.717, 1.165) is 5.69 Å². The molecule has 2 N–H and O–H groups in total. The van der Waals surface area contributed by atoms with Gasteiger partial charge in [0.05, 0.1) is 11.9 Å². The van der Waals surface area contributed by atoms with E-state index >= 15 is 0 Å². The van der Waals surface area contributed by atoms with Gasteiger partial charge < -0.3 is 5.32 Å². The van der Waals surface area contributed by atoms with Gasteiger partial charge in [0.1, 0.15) is 5.39 Å². The molecule has 3 heterocycles. The summed E-state index contributed by atoms with van der Waals surface area (Å²) in [6, 6.07) is 11.6. The molecular formula is C18H17N7O. The van der Waals surface area contributed by atoms with Crippen LogP contribution in [-0.2, 0) is 7.05 Å². The summed E-state index contributed by atoms with van der Waals surface area (Å²) >= 11 is 0. The second-order valence-electron chi connectivity index (χ2n) is 6.52. The lowest BCUT2D eigenvalue weighted by Crippen LogP contribution is -2.12. The number of hydrogen-bond acceptors (Lipinski definition) is 5. The van der Waals surface area contributed by atoms with Crippen molar-refractivity contribution in [1.29, 1.82) is 0 Å². The number of benzene rings is 1. The molecule has 26 heavy (non-hydrogen) atoms. The molecule has 0 saturated heterocycles. The first-order chi connectivity index (χ1) is 12.7. The van der Waals surface area contributed by atoms with E-state index in [1.54, 1.807) is 4.68 Å². The molecule has 8 nitrogen and oxygen atoms in total. The predicted molar refractivity (Wildman–Crippen MR) is 98.0 cm³/mol. The summed E-state index contributed by atoms with van der Waals surface area (Å²) in [7, 11) is 1.93. The van der Waals surface area contributed by atoms with Crippen LogP contribution in [0.1, 0.15) is 24.5 Å². The van der Waals surface area contributed by atoms with Crippen LogP contribution in [0.15, 0.2) is 47.4 Å². The molecule has 1 fully saturated rings. The number of nitrogens with zero attached hydrogens (tertiary/aromatic N) is 5. The molecule has 0 atom stereocenters. The maximum absolute atomic E-state index is 12.4. The van der Waals surface area contributed by atoms with Gasteiger partial charge in [-0.1, -0.05) is 18.2 Å². The molecule has 0 bridgehead atoms. The van der Waals surface area contributed by atoms with Crippen LogP contribution in [0.3, 0.4) is 0 Å². The Hall–Kier alpha value is -3.42. The molecule has 0 unspecified atom stereocenters. The number of fused-ring (bicyclic) bond motifs is 1. The number of nitrogens with one attached hydrogen (secondary N) is 2. The first-order valence-corrected chi connectivity index (χ1v) is 8.53. The van der Waals surface area contributed by atoms with Gasteiger partial charge in [-0.2, -0.15) is 15.2 Å². The third kappa shape index (κ3) is 2.46. The Kier molecular flexibility index (Phi) is 3.18. The monoisotopic (exact) mass is 347 g/mol. The van der Waals surface area contributed by atoms with Crippen molar-refractivity contribution >= 4 is 22.8 Å². The Morgan fingerprint density at radius 3 is 2.81 bits per heavy atom. The third-order valence-corrected chi connectivity index (χ3v) is 4.60. The van der Waals surface area contributed by atoms with Crippen LogP contribution in [0, 0.1) is 0 Å². The summed E-state index contributed by atoms with van der Waals surface area (Å²) in [6.07, 6.45) is 3.94. The Balaban J connectivity index is 1.56. The first-order valence-electron chi connectivity index (χ1n) is 8.53. The molecule has 130 valence electrons. The maximum atomic E-state index is 12.4. The molecule has 1 saturated carbocycles. The van der Waals surface area contributed by atoms with E-state index in [0.29, 0.717) is 28.7 Å². The van der Waals surface area contributed by atoms with Crippen LogP contribution in [-0.4, -0.2) is 29.5 Å². The highest BCUT2D eigenvalue weighted by Gasteiger charge is 2.27. The molecule has 3 aromatic heterocycles. The van der Waals surface area contributed by atoms with E-state index in [4.69, 9.17) is 0 Å². The number of aromatic nitrogens is 6. The highest BCUT2D eigenvalue weighted by Crippen LogP contribution is 2.40. The van der Waals surface area contributed by atoms with Gasteiger partial charge in [0, 0.05) is 24.7 Å². The molecular weight excluding hydrogens is 330 g/mol. The highest BCUT2D eigenvalue weighted by molar-refractivity contribution is 5.76. The number of anilines is 2. The molecule has 1 aliphatic rings. The number of H-pyrrole nitrogens is 1. The number of aromatic amines is 1. The Labute approximate surface area is 148 Å². The van der Waals surface area contributed by atoms with Crippen LogP contribution in [0.25, 0.3) is 16.7 Å². The van der Waals surface area contributed by atoms with Gasteiger partial charge in [-0.15, -0.1) is 0 Å². The molecule has 1 aliphatic carbocycles. The van der Waals surface area contributed by atoms with Gasteiger partial charge in [0.15, 0.2) is 11.5 Å². The van der Waals surface area contributed by atoms with E-state index in [2.05, 4.69) is 25.5 Å². The van der Waals surface area contributed by atoms with Gasteiger partial charge in [0.25, 0.3) is 5.56 Å². The number of para-hydroxylation sites is 1. The molecule has 0 amide bonds. The van der Waals surface area contributed by atoms with Gasteiger partial charge >= 0.3 is 0 Å². The minimum atomic E-state index is -0.238. The third-order valence-electron chi connectivity index (χ3n) is 4.60. The zero-order chi connectivity index (χ0) is 17.7. The van der Waals surface area contributed by atoms with Crippen molar-refractivity contribution in [2.45, 2.75) is 18.8 Å². The maximum Gasteiger partial charge on any atom is 0.263 e. The molecule has 8 heteroatoms. The van der Waals surface area contributed by atoms with E-state index in [9.17, 15) is 4.79 Å². The van der Waals surface area contributed by atoms with E-state index in [1.807, 2.05) is 48.1 Å². The Morgan fingerprint density at radius 1 is 1.23 bits per heavy atom. The number of aryl methyl sites for hydroxylation is 1. The van der Waals surface area contributed by atoms with Crippen LogP contribution in [0.2, 0.25) is 0 Å². The molecule has 0 radical (unpaired) electrons. The van der Waals surface area contributed by atoms with Crippen LogP contribution >= 0.6 is 0 Å². The first kappa shape index (κ1) is 14.9. The predicted octanol–water partition coefficient (Wildman–Crippen LogP) is 2.46. The van der Waals surface area contributed by atoms with Crippen LogP contribution in [0.4, 0.5) is 11.8 Å². The zero-order valence-electron chi connectivity index (χ0n) is 14.2. The lowest BCUT2D eigenvalue weighted by atomic mass is 10.3. The standard InChI is InChI=1S/C18H17N7O/c1-24-14(11-7-8-11)9-15(23-24)20-18-21-16-13(17(26)22-18)10-19-25(16)12-5-3-2-4-6-12/h2-6,9-11H,7-8H2,1H3,(H2,20,21,22,23,26). The fourth-order valence-corrected chi connectivity index (χ4v) is 3.16. The van der Waals surface area contributed by atoms with Gasteiger partial charge in [-0.05, 0) is 25.0 Å². The van der Waals surface area contributed by atoms with Crippen molar-refractivity contribution in [2.75, 3.05) is 5.32 Å². The average molecular weight is 347 g/mol. The van der Waals surface area contributed by atoms with Crippen molar-refractivity contribution in [3.05, 3.63) is 58.6 Å². The summed E-state index contributed by atoms with van der Waals surface area (Å²) in [5, 5.41) is 12.3. The van der Waals surface area contributed by atoms with Crippen molar-refractivity contribution in [3.8, 4) is 5.69 Å². The van der Waals surface area contributed by atoms with Gasteiger partial charge in [-0.3, -0.25) is 14.5 Å². The molecule has 0 aliphatic heterocycles. The normalized spacial score (nSPS) is 14.0. The second kappa shape index (κ2) is 5.55. The van der Waals surface area contributed by atoms with Crippen molar-refractivity contribution in [1.82, 2.24) is 29.5 Å². The van der Waals surface area contributed by atoms with Gasteiger partial charge in [0.2, 0.25) is 5.95 Å². The summed E-state index contributed by atoms with van der Waals surface area (Å²) < 4.78 is 3.54.